The Bertz CT molecular complexity index is 371. The molecule has 16 heavy (non-hydrogen) atoms. The first-order chi connectivity index (χ1) is 7.40. The molecule has 0 saturated heterocycles. The zero-order valence-electron chi connectivity index (χ0n) is 9.98. The van der Waals surface area contributed by atoms with Gasteiger partial charge in [-0.25, -0.2) is 14.8 Å². The Labute approximate surface area is 94.9 Å². The number of hydrogen-bond donors (Lipinski definition) is 2. The first-order valence-electron chi connectivity index (χ1n) is 5.21. The van der Waals surface area contributed by atoms with E-state index in [0.29, 0.717) is 5.95 Å². The van der Waals surface area contributed by atoms with Gasteiger partial charge in [-0.05, 0) is 25.8 Å². The van der Waals surface area contributed by atoms with Gasteiger partial charge >= 0.3 is 5.97 Å². The van der Waals surface area contributed by atoms with Crippen LogP contribution in [-0.2, 0) is 4.79 Å². The number of carboxylic acids is 1. The van der Waals surface area contributed by atoms with E-state index in [0.717, 1.165) is 11.4 Å². The van der Waals surface area contributed by atoms with Gasteiger partial charge in [0.15, 0.2) is 0 Å². The summed E-state index contributed by atoms with van der Waals surface area (Å²) in [4.78, 5) is 19.3. The Morgan fingerprint density at radius 1 is 1.31 bits per heavy atom. The van der Waals surface area contributed by atoms with Crippen molar-refractivity contribution in [3.8, 4) is 0 Å². The SMILES string of the molecule is Cc1cc(C)nc(N[C@H](C(=O)O)C(C)C)n1. The van der Waals surface area contributed by atoms with Gasteiger partial charge in [-0.1, -0.05) is 13.8 Å². The van der Waals surface area contributed by atoms with E-state index in [1.807, 2.05) is 33.8 Å². The Morgan fingerprint density at radius 2 is 1.81 bits per heavy atom. The predicted molar refractivity (Wildman–Crippen MR) is 61.4 cm³/mol. The molecule has 0 aliphatic rings. The Kier molecular flexibility index (Phi) is 3.82. The minimum absolute atomic E-state index is 0.0260. The quantitative estimate of drug-likeness (QED) is 0.811. The lowest BCUT2D eigenvalue weighted by molar-refractivity contribution is -0.138. The van der Waals surface area contributed by atoms with Crippen LogP contribution in [0.2, 0.25) is 0 Å². The van der Waals surface area contributed by atoms with Crippen LogP contribution in [0, 0.1) is 19.8 Å². The highest BCUT2D eigenvalue weighted by Crippen LogP contribution is 2.10. The van der Waals surface area contributed by atoms with Gasteiger partial charge in [0.05, 0.1) is 0 Å². The summed E-state index contributed by atoms with van der Waals surface area (Å²) in [5, 5.41) is 11.9. The number of aryl methyl sites for hydroxylation is 2. The molecule has 1 aromatic rings. The molecule has 0 bridgehead atoms. The van der Waals surface area contributed by atoms with Gasteiger partial charge in [-0.3, -0.25) is 0 Å². The van der Waals surface area contributed by atoms with Crippen molar-refractivity contribution in [2.75, 3.05) is 5.32 Å². The van der Waals surface area contributed by atoms with E-state index in [-0.39, 0.29) is 5.92 Å². The minimum Gasteiger partial charge on any atom is -0.480 e. The van der Waals surface area contributed by atoms with Gasteiger partial charge in [0.25, 0.3) is 0 Å². The summed E-state index contributed by atoms with van der Waals surface area (Å²) in [6.07, 6.45) is 0. The van der Waals surface area contributed by atoms with Crippen molar-refractivity contribution in [3.63, 3.8) is 0 Å². The minimum atomic E-state index is -0.891. The molecule has 2 N–H and O–H groups in total. The summed E-state index contributed by atoms with van der Waals surface area (Å²) < 4.78 is 0. The van der Waals surface area contributed by atoms with Gasteiger partial charge in [0.1, 0.15) is 6.04 Å². The van der Waals surface area contributed by atoms with E-state index >= 15 is 0 Å². The van der Waals surface area contributed by atoms with E-state index < -0.39 is 12.0 Å². The average molecular weight is 223 g/mol. The lowest BCUT2D eigenvalue weighted by Crippen LogP contribution is -2.35. The molecule has 88 valence electrons. The average Bonchev–Trinajstić information content (AvgIpc) is 2.11. The van der Waals surface area contributed by atoms with Crippen LogP contribution in [0.25, 0.3) is 0 Å². The summed E-state index contributed by atoms with van der Waals surface area (Å²) in [7, 11) is 0. The van der Waals surface area contributed by atoms with Gasteiger partial charge in [0.2, 0.25) is 5.95 Å². The van der Waals surface area contributed by atoms with E-state index in [9.17, 15) is 4.79 Å². The summed E-state index contributed by atoms with van der Waals surface area (Å²) in [6, 6.07) is 1.18. The van der Waals surface area contributed by atoms with Gasteiger partial charge in [-0.15, -0.1) is 0 Å². The molecule has 1 rings (SSSR count). The molecule has 0 aromatic carbocycles. The van der Waals surface area contributed by atoms with Crippen LogP contribution in [0.15, 0.2) is 6.07 Å². The molecule has 0 aliphatic heterocycles. The zero-order valence-corrected chi connectivity index (χ0v) is 9.98. The highest BCUT2D eigenvalue weighted by atomic mass is 16.4. The topological polar surface area (TPSA) is 75.1 Å². The van der Waals surface area contributed by atoms with Gasteiger partial charge in [-0.2, -0.15) is 0 Å². The summed E-state index contributed by atoms with van der Waals surface area (Å²) in [5.74, 6) is -0.543. The molecule has 0 aliphatic carbocycles. The maximum Gasteiger partial charge on any atom is 0.326 e. The molecule has 0 amide bonds. The van der Waals surface area contributed by atoms with Crippen molar-refractivity contribution < 1.29 is 9.90 Å². The van der Waals surface area contributed by atoms with E-state index in [2.05, 4.69) is 15.3 Å². The molecule has 1 aromatic heterocycles. The number of rotatable bonds is 4. The molecule has 0 spiro atoms. The molecular formula is C11H17N3O2. The Balaban J connectivity index is 2.89. The lowest BCUT2D eigenvalue weighted by Gasteiger charge is -2.18. The number of anilines is 1. The second-order valence-electron chi connectivity index (χ2n) is 4.18. The van der Waals surface area contributed by atoms with Crippen LogP contribution in [0.4, 0.5) is 5.95 Å². The van der Waals surface area contributed by atoms with Crippen molar-refractivity contribution in [1.29, 1.82) is 0 Å². The zero-order chi connectivity index (χ0) is 12.3. The monoisotopic (exact) mass is 223 g/mol. The number of nitrogens with one attached hydrogen (secondary N) is 1. The second kappa shape index (κ2) is 4.92. The highest BCUT2D eigenvalue weighted by molar-refractivity contribution is 5.76. The molecule has 1 atom stereocenters. The molecular weight excluding hydrogens is 206 g/mol. The summed E-state index contributed by atoms with van der Waals surface area (Å²) in [5.41, 5.74) is 1.64. The fourth-order valence-corrected chi connectivity index (χ4v) is 1.44. The number of hydrogen-bond acceptors (Lipinski definition) is 4. The Morgan fingerprint density at radius 3 is 2.19 bits per heavy atom. The van der Waals surface area contributed by atoms with Crippen molar-refractivity contribution in [2.24, 2.45) is 5.92 Å². The summed E-state index contributed by atoms with van der Waals surface area (Å²) in [6.45, 7) is 7.39. The maximum atomic E-state index is 11.0. The third-order valence-corrected chi connectivity index (χ3v) is 2.20. The second-order valence-corrected chi connectivity index (χ2v) is 4.18. The van der Waals surface area contributed by atoms with Crippen LogP contribution in [-0.4, -0.2) is 27.1 Å². The number of carboxylic acid groups (broad SMARTS) is 1. The fourth-order valence-electron chi connectivity index (χ4n) is 1.44. The van der Waals surface area contributed by atoms with Crippen LogP contribution >= 0.6 is 0 Å². The van der Waals surface area contributed by atoms with Crippen LogP contribution in [0.1, 0.15) is 25.2 Å². The Hall–Kier alpha value is -1.65. The van der Waals surface area contributed by atoms with Crippen molar-refractivity contribution in [2.45, 2.75) is 33.7 Å². The standard InChI is InChI=1S/C11H17N3O2/c1-6(2)9(10(15)16)14-11-12-7(3)5-8(4)13-11/h5-6,9H,1-4H3,(H,15,16)(H,12,13,14)/t9-/m0/s1. The van der Waals surface area contributed by atoms with E-state index in [1.54, 1.807) is 0 Å². The maximum absolute atomic E-state index is 11.0. The van der Waals surface area contributed by atoms with Crippen LogP contribution in [0.5, 0.6) is 0 Å². The molecule has 0 fully saturated rings. The third-order valence-electron chi connectivity index (χ3n) is 2.20. The van der Waals surface area contributed by atoms with E-state index in [4.69, 9.17) is 5.11 Å². The lowest BCUT2D eigenvalue weighted by atomic mass is 10.1. The third kappa shape index (κ3) is 3.18. The molecule has 0 radical (unpaired) electrons. The number of carbonyl (C=O) groups is 1. The molecule has 5 heteroatoms. The van der Waals surface area contributed by atoms with Crippen molar-refractivity contribution >= 4 is 11.9 Å². The molecule has 5 nitrogen and oxygen atoms in total. The highest BCUT2D eigenvalue weighted by Gasteiger charge is 2.22. The van der Waals surface area contributed by atoms with Gasteiger partial charge in [0, 0.05) is 11.4 Å². The van der Waals surface area contributed by atoms with Gasteiger partial charge < -0.3 is 10.4 Å². The number of aliphatic carboxylic acids is 1. The summed E-state index contributed by atoms with van der Waals surface area (Å²) >= 11 is 0. The van der Waals surface area contributed by atoms with Crippen molar-refractivity contribution in [1.82, 2.24) is 9.97 Å². The number of nitrogens with zero attached hydrogens (tertiary/aromatic N) is 2. The normalized spacial score (nSPS) is 12.6. The molecule has 1 heterocycles. The molecule has 0 unspecified atom stereocenters. The first-order valence-corrected chi connectivity index (χ1v) is 5.21. The molecule has 0 saturated carbocycles. The first kappa shape index (κ1) is 12.4. The predicted octanol–water partition coefficient (Wildman–Crippen LogP) is 1.61. The smallest absolute Gasteiger partial charge is 0.326 e. The van der Waals surface area contributed by atoms with Crippen LogP contribution < -0.4 is 5.32 Å². The largest absolute Gasteiger partial charge is 0.480 e. The van der Waals surface area contributed by atoms with Crippen molar-refractivity contribution in [3.05, 3.63) is 17.5 Å². The fraction of sp³-hybridized carbons (Fsp3) is 0.545. The van der Waals surface area contributed by atoms with Crippen LogP contribution in [0.3, 0.4) is 0 Å². The van der Waals surface area contributed by atoms with E-state index in [1.165, 1.54) is 0 Å². The number of aromatic nitrogens is 2.